The summed E-state index contributed by atoms with van der Waals surface area (Å²) in [5.74, 6) is 6.18. The standard InChI is InChI=1S/C6H12B2/c1-4-7-5-6-8(2)3/h7H,4H2,1-3H3. The maximum absolute atomic E-state index is 3.10. The van der Waals surface area contributed by atoms with Crippen LogP contribution in [0.4, 0.5) is 0 Å². The van der Waals surface area contributed by atoms with Gasteiger partial charge in [-0.25, -0.2) is 0 Å². The number of hydrogen-bond donors (Lipinski definition) is 0. The van der Waals surface area contributed by atoms with Gasteiger partial charge >= 0.3 is 0 Å². The van der Waals surface area contributed by atoms with Crippen molar-refractivity contribution in [2.45, 2.75) is 26.9 Å². The molecule has 0 aliphatic carbocycles. The van der Waals surface area contributed by atoms with Crippen LogP contribution in [0.3, 0.4) is 0 Å². The van der Waals surface area contributed by atoms with E-state index in [2.05, 4.69) is 32.2 Å². The molecule has 0 heterocycles. The van der Waals surface area contributed by atoms with E-state index in [1.165, 1.54) is 6.32 Å². The summed E-state index contributed by atoms with van der Waals surface area (Å²) in [6, 6.07) is 0. The largest absolute Gasteiger partial charge is 0.223 e. The second kappa shape index (κ2) is 4.84. The molecule has 2 heteroatoms. The fourth-order valence-corrected chi connectivity index (χ4v) is 0.401. The third-order valence-corrected chi connectivity index (χ3v) is 0.766. The highest BCUT2D eigenvalue weighted by Gasteiger charge is 1.86. The van der Waals surface area contributed by atoms with Gasteiger partial charge in [-0.05, 0) is 0 Å². The summed E-state index contributed by atoms with van der Waals surface area (Å²) in [6.45, 7) is 6.92. The molecule has 0 N–H and O–H groups in total. The third-order valence-electron chi connectivity index (χ3n) is 0.766. The van der Waals surface area contributed by atoms with E-state index < -0.39 is 0 Å². The first kappa shape index (κ1) is 7.69. The van der Waals surface area contributed by atoms with Crippen LogP contribution < -0.4 is 0 Å². The van der Waals surface area contributed by atoms with Crippen molar-refractivity contribution in [3.63, 3.8) is 0 Å². The van der Waals surface area contributed by atoms with E-state index in [0.717, 1.165) is 7.28 Å². The average molecular weight is 106 g/mol. The molecular formula is C6H12B2. The first-order valence-electron chi connectivity index (χ1n) is 3.25. The highest BCUT2D eigenvalue weighted by Crippen LogP contribution is 1.74. The van der Waals surface area contributed by atoms with Gasteiger partial charge in [-0.3, -0.25) is 0 Å². The predicted octanol–water partition coefficient (Wildman–Crippen LogP) is 1.12. The van der Waals surface area contributed by atoms with Gasteiger partial charge in [0.15, 0.2) is 0 Å². The van der Waals surface area contributed by atoms with Crippen molar-refractivity contribution < 1.29 is 0 Å². The molecule has 42 valence electrons. The summed E-state index contributed by atoms with van der Waals surface area (Å²) in [5.41, 5.74) is 0. The lowest BCUT2D eigenvalue weighted by molar-refractivity contribution is 1.47. The van der Waals surface area contributed by atoms with E-state index in [-0.39, 0.29) is 0 Å². The van der Waals surface area contributed by atoms with Gasteiger partial charge < -0.3 is 0 Å². The van der Waals surface area contributed by atoms with E-state index >= 15 is 0 Å². The Morgan fingerprint density at radius 1 is 1.50 bits per heavy atom. The van der Waals surface area contributed by atoms with Crippen LogP contribution in [-0.2, 0) is 0 Å². The van der Waals surface area contributed by atoms with Gasteiger partial charge in [0.25, 0.3) is 0 Å². The quantitative estimate of drug-likeness (QED) is 0.347. The van der Waals surface area contributed by atoms with E-state index in [9.17, 15) is 0 Å². The van der Waals surface area contributed by atoms with Gasteiger partial charge in [0.2, 0.25) is 14.0 Å². The minimum absolute atomic E-state index is 0.543. The van der Waals surface area contributed by atoms with Crippen molar-refractivity contribution in [3.05, 3.63) is 0 Å². The lowest BCUT2D eigenvalue weighted by atomic mass is 9.54. The maximum Gasteiger partial charge on any atom is 0.223 e. The maximum atomic E-state index is 3.10. The normalized spacial score (nSPS) is 6.88. The van der Waals surface area contributed by atoms with Crippen molar-refractivity contribution in [1.82, 2.24) is 0 Å². The molecule has 0 rings (SSSR count). The predicted molar refractivity (Wildman–Crippen MR) is 42.9 cm³/mol. The lowest BCUT2D eigenvalue weighted by Gasteiger charge is -1.79. The molecule has 0 radical (unpaired) electrons. The first-order valence-corrected chi connectivity index (χ1v) is 3.25. The zero-order chi connectivity index (χ0) is 6.41. The van der Waals surface area contributed by atoms with Gasteiger partial charge in [0, 0.05) is 0 Å². The molecule has 0 fully saturated rings. The fourth-order valence-electron chi connectivity index (χ4n) is 0.401. The fraction of sp³-hybridized carbons (Fsp3) is 0.667. The molecule has 8 heavy (non-hydrogen) atoms. The average Bonchev–Trinajstić information content (AvgIpc) is 1.66. The van der Waals surface area contributed by atoms with E-state index in [1.54, 1.807) is 0 Å². The summed E-state index contributed by atoms with van der Waals surface area (Å²) < 4.78 is 0. The smallest absolute Gasteiger partial charge is 0.172 e. The second-order valence-corrected chi connectivity index (χ2v) is 2.23. The van der Waals surface area contributed by atoms with Gasteiger partial charge in [-0.1, -0.05) is 26.9 Å². The summed E-state index contributed by atoms with van der Waals surface area (Å²) in [6.07, 6.45) is 1.18. The molecule has 0 spiro atoms. The van der Waals surface area contributed by atoms with Crippen molar-refractivity contribution in [1.29, 1.82) is 0 Å². The van der Waals surface area contributed by atoms with Crippen molar-refractivity contribution in [3.8, 4) is 11.6 Å². The van der Waals surface area contributed by atoms with Gasteiger partial charge in [0.05, 0.1) is 0 Å². The van der Waals surface area contributed by atoms with E-state index in [4.69, 9.17) is 0 Å². The molecule has 0 aliphatic rings. The Labute approximate surface area is 53.4 Å². The lowest BCUT2D eigenvalue weighted by Crippen LogP contribution is -1.94. The zero-order valence-corrected chi connectivity index (χ0v) is 5.99. The SMILES string of the molecule is CCBC#CB(C)C. The Morgan fingerprint density at radius 3 is 2.50 bits per heavy atom. The molecule has 0 aliphatic heterocycles. The van der Waals surface area contributed by atoms with Crippen LogP contribution in [0.5, 0.6) is 0 Å². The molecule has 0 aromatic rings. The minimum atomic E-state index is 0.543. The van der Waals surface area contributed by atoms with Crippen LogP contribution in [0, 0.1) is 11.6 Å². The Bertz CT molecular complexity index is 96.8. The zero-order valence-electron chi connectivity index (χ0n) is 5.99. The van der Waals surface area contributed by atoms with Crippen molar-refractivity contribution in [2.75, 3.05) is 0 Å². The summed E-state index contributed by atoms with van der Waals surface area (Å²) in [5, 5.41) is 0. The van der Waals surface area contributed by atoms with Crippen LogP contribution >= 0.6 is 0 Å². The number of hydrogen-bond acceptors (Lipinski definition) is 0. The van der Waals surface area contributed by atoms with E-state index in [1.807, 2.05) is 0 Å². The van der Waals surface area contributed by atoms with Crippen LogP contribution in [0.2, 0.25) is 20.0 Å². The van der Waals surface area contributed by atoms with Crippen molar-refractivity contribution >= 4 is 14.0 Å². The van der Waals surface area contributed by atoms with Crippen LogP contribution in [0.1, 0.15) is 6.92 Å². The third kappa shape index (κ3) is 5.69. The molecule has 0 bridgehead atoms. The molecule has 0 unspecified atom stereocenters. The molecular weight excluding hydrogens is 93.7 g/mol. The molecule has 0 saturated carbocycles. The Morgan fingerprint density at radius 2 is 2.12 bits per heavy atom. The minimum Gasteiger partial charge on any atom is -0.172 e. The Balaban J connectivity index is 3.20. The molecule has 0 amide bonds. The molecule has 0 aromatic heterocycles. The van der Waals surface area contributed by atoms with Crippen LogP contribution in [-0.4, -0.2) is 14.0 Å². The molecule has 0 nitrogen and oxygen atoms in total. The summed E-state index contributed by atoms with van der Waals surface area (Å²) >= 11 is 0. The van der Waals surface area contributed by atoms with Gasteiger partial charge in [0.1, 0.15) is 0 Å². The molecule has 0 saturated heterocycles. The van der Waals surface area contributed by atoms with Gasteiger partial charge in [-0.15, -0.1) is 0 Å². The Hall–Kier alpha value is -0.310. The highest BCUT2D eigenvalue weighted by atomic mass is 13.4. The Kier molecular flexibility index (Phi) is 4.65. The van der Waals surface area contributed by atoms with E-state index in [0.29, 0.717) is 6.71 Å². The summed E-state index contributed by atoms with van der Waals surface area (Å²) in [4.78, 5) is 0. The van der Waals surface area contributed by atoms with Gasteiger partial charge in [-0.2, -0.15) is 11.6 Å². The summed E-state index contributed by atoms with van der Waals surface area (Å²) in [7, 11) is 1.05. The molecule has 0 aromatic carbocycles. The molecule has 0 atom stereocenters. The van der Waals surface area contributed by atoms with Crippen LogP contribution in [0.25, 0.3) is 0 Å². The number of rotatable bonds is 1. The monoisotopic (exact) mass is 106 g/mol. The van der Waals surface area contributed by atoms with Crippen molar-refractivity contribution in [2.24, 2.45) is 0 Å². The van der Waals surface area contributed by atoms with Crippen LogP contribution in [0.15, 0.2) is 0 Å². The first-order chi connectivity index (χ1) is 3.77. The highest BCUT2D eigenvalue weighted by molar-refractivity contribution is 6.66. The second-order valence-electron chi connectivity index (χ2n) is 2.23. The topological polar surface area (TPSA) is 0 Å².